The Kier molecular flexibility index (Phi) is 3.86. The van der Waals surface area contributed by atoms with Crippen molar-refractivity contribution in [2.45, 2.75) is 10.1 Å². The number of hydrogen-bond donors (Lipinski definition) is 1. The Morgan fingerprint density at radius 1 is 1.29 bits per heavy atom. The minimum atomic E-state index is 0.435. The van der Waals surface area contributed by atoms with E-state index in [1.54, 1.807) is 13.2 Å². The fourth-order valence-electron chi connectivity index (χ4n) is 1.26. The summed E-state index contributed by atoms with van der Waals surface area (Å²) in [5.41, 5.74) is 5.66. The summed E-state index contributed by atoms with van der Waals surface area (Å²) in [6, 6.07) is 9.35. The van der Waals surface area contributed by atoms with Crippen molar-refractivity contribution in [3.63, 3.8) is 0 Å². The Morgan fingerprint density at radius 2 is 2.06 bits per heavy atom. The van der Waals surface area contributed by atoms with Crippen molar-refractivity contribution in [1.29, 1.82) is 0 Å². The zero-order chi connectivity index (χ0) is 12.3. The molecule has 1 heterocycles. The lowest BCUT2D eigenvalue weighted by Gasteiger charge is -2.06. The van der Waals surface area contributed by atoms with Crippen molar-refractivity contribution >= 4 is 33.5 Å². The normalized spacial score (nSPS) is 10.2. The monoisotopic (exact) mass is 311 g/mol. The van der Waals surface area contributed by atoms with Crippen LogP contribution >= 0.6 is 27.7 Å². The molecule has 0 spiro atoms. The number of aromatic nitrogens is 2. The number of nitrogens with zero attached hydrogens (tertiary/aromatic N) is 2. The largest absolute Gasteiger partial charge is 0.496 e. The van der Waals surface area contributed by atoms with Gasteiger partial charge in [-0.25, -0.2) is 9.97 Å². The maximum Gasteiger partial charge on any atom is 0.195 e. The Morgan fingerprint density at radius 3 is 2.76 bits per heavy atom. The first kappa shape index (κ1) is 12.2. The summed E-state index contributed by atoms with van der Waals surface area (Å²) >= 11 is 4.70. The van der Waals surface area contributed by atoms with Crippen molar-refractivity contribution in [2.24, 2.45) is 0 Å². The molecule has 0 aliphatic heterocycles. The van der Waals surface area contributed by atoms with Crippen LogP contribution in [0.4, 0.5) is 5.82 Å². The molecule has 0 saturated carbocycles. The molecular formula is C11H10BrN3OS. The first-order valence-electron chi connectivity index (χ1n) is 4.80. The number of methoxy groups -OCH3 is 1. The van der Waals surface area contributed by atoms with E-state index in [1.165, 1.54) is 11.8 Å². The lowest BCUT2D eigenvalue weighted by atomic mass is 10.3. The maximum atomic E-state index is 5.66. The molecule has 0 atom stereocenters. The summed E-state index contributed by atoms with van der Waals surface area (Å²) in [4.78, 5) is 9.34. The molecule has 2 rings (SSSR count). The zero-order valence-electron chi connectivity index (χ0n) is 9.05. The second-order valence-corrected chi connectivity index (χ2v) is 4.97. The molecule has 2 aromatic rings. The van der Waals surface area contributed by atoms with Crippen molar-refractivity contribution in [3.05, 3.63) is 34.9 Å². The molecule has 1 aromatic heterocycles. The van der Waals surface area contributed by atoms with Gasteiger partial charge in [-0.05, 0) is 39.8 Å². The molecular weight excluding hydrogens is 302 g/mol. The zero-order valence-corrected chi connectivity index (χ0v) is 11.5. The highest BCUT2D eigenvalue weighted by Crippen LogP contribution is 2.33. The fraction of sp³-hybridized carbons (Fsp3) is 0.0909. The van der Waals surface area contributed by atoms with Crippen molar-refractivity contribution in [1.82, 2.24) is 9.97 Å². The van der Waals surface area contributed by atoms with Crippen molar-refractivity contribution < 1.29 is 4.74 Å². The third kappa shape index (κ3) is 3.10. The van der Waals surface area contributed by atoms with Gasteiger partial charge in [0.1, 0.15) is 16.2 Å². The van der Waals surface area contributed by atoms with Crippen molar-refractivity contribution in [2.75, 3.05) is 12.8 Å². The van der Waals surface area contributed by atoms with Crippen LogP contribution in [-0.4, -0.2) is 17.1 Å². The molecule has 0 bridgehead atoms. The highest BCUT2D eigenvalue weighted by Gasteiger charge is 2.07. The summed E-state index contributed by atoms with van der Waals surface area (Å²) in [6.07, 6.45) is 0. The van der Waals surface area contributed by atoms with E-state index in [2.05, 4.69) is 25.9 Å². The van der Waals surface area contributed by atoms with E-state index in [-0.39, 0.29) is 0 Å². The van der Waals surface area contributed by atoms with Crippen LogP contribution < -0.4 is 10.5 Å². The summed E-state index contributed by atoms with van der Waals surface area (Å²) in [5, 5.41) is 0.585. The quantitative estimate of drug-likeness (QED) is 0.697. The second-order valence-electron chi connectivity index (χ2n) is 3.15. The van der Waals surface area contributed by atoms with Crippen LogP contribution in [0.1, 0.15) is 0 Å². The van der Waals surface area contributed by atoms with Gasteiger partial charge in [-0.1, -0.05) is 12.1 Å². The number of rotatable bonds is 3. The molecule has 0 fully saturated rings. The second kappa shape index (κ2) is 5.37. The lowest BCUT2D eigenvalue weighted by Crippen LogP contribution is -1.95. The van der Waals surface area contributed by atoms with Crippen LogP contribution in [0.2, 0.25) is 0 Å². The minimum Gasteiger partial charge on any atom is -0.496 e. The van der Waals surface area contributed by atoms with Crippen LogP contribution in [0.3, 0.4) is 0 Å². The van der Waals surface area contributed by atoms with Crippen LogP contribution in [-0.2, 0) is 0 Å². The highest BCUT2D eigenvalue weighted by molar-refractivity contribution is 9.10. The predicted octanol–water partition coefficient (Wildman–Crippen LogP) is 2.98. The third-order valence-electron chi connectivity index (χ3n) is 1.96. The van der Waals surface area contributed by atoms with Gasteiger partial charge < -0.3 is 10.5 Å². The molecule has 1 aromatic carbocycles. The fourth-order valence-corrected chi connectivity index (χ4v) is 2.67. The molecule has 6 heteroatoms. The molecule has 2 N–H and O–H groups in total. The minimum absolute atomic E-state index is 0.435. The first-order chi connectivity index (χ1) is 8.19. The van der Waals surface area contributed by atoms with Crippen LogP contribution in [0, 0.1) is 0 Å². The van der Waals surface area contributed by atoms with Gasteiger partial charge in [0.2, 0.25) is 0 Å². The average molecular weight is 312 g/mol. The molecule has 0 radical (unpaired) electrons. The number of ether oxygens (including phenoxy) is 1. The van der Waals surface area contributed by atoms with Gasteiger partial charge in [-0.15, -0.1) is 0 Å². The van der Waals surface area contributed by atoms with E-state index in [0.717, 1.165) is 10.6 Å². The van der Waals surface area contributed by atoms with E-state index < -0.39 is 0 Å². The van der Waals surface area contributed by atoms with Gasteiger partial charge in [0.25, 0.3) is 0 Å². The van der Waals surface area contributed by atoms with Crippen LogP contribution in [0.5, 0.6) is 5.75 Å². The summed E-state index contributed by atoms with van der Waals surface area (Å²) in [7, 11) is 1.63. The third-order valence-corrected chi connectivity index (χ3v) is 3.29. The molecule has 17 heavy (non-hydrogen) atoms. The van der Waals surface area contributed by atoms with Gasteiger partial charge in [-0.3, -0.25) is 0 Å². The Hall–Kier alpha value is -1.27. The van der Waals surface area contributed by atoms with E-state index in [0.29, 0.717) is 15.6 Å². The number of hydrogen-bond acceptors (Lipinski definition) is 5. The molecule has 0 amide bonds. The summed E-state index contributed by atoms with van der Waals surface area (Å²) < 4.78 is 5.93. The summed E-state index contributed by atoms with van der Waals surface area (Å²) in [6.45, 7) is 0. The molecule has 0 unspecified atom stereocenters. The van der Waals surface area contributed by atoms with Crippen LogP contribution in [0.25, 0.3) is 0 Å². The molecule has 88 valence electrons. The Balaban J connectivity index is 2.31. The van der Waals surface area contributed by atoms with Crippen LogP contribution in [0.15, 0.2) is 45.0 Å². The smallest absolute Gasteiger partial charge is 0.195 e. The predicted molar refractivity (Wildman–Crippen MR) is 71.3 cm³/mol. The lowest BCUT2D eigenvalue weighted by molar-refractivity contribution is 0.405. The van der Waals surface area contributed by atoms with E-state index in [4.69, 9.17) is 10.5 Å². The standard InChI is InChI=1S/C11H10BrN3OS/c1-16-7-4-2-3-5-8(7)17-11-14-9(12)6-10(13)15-11/h2-6H,1H3,(H2,13,14,15). The number of nitrogen functional groups attached to an aromatic ring is 1. The van der Waals surface area contributed by atoms with E-state index >= 15 is 0 Å². The highest BCUT2D eigenvalue weighted by atomic mass is 79.9. The molecule has 0 saturated heterocycles. The van der Waals surface area contributed by atoms with Gasteiger partial charge in [0.15, 0.2) is 5.16 Å². The Labute approximate surface area is 112 Å². The molecule has 0 aliphatic rings. The number of benzene rings is 1. The first-order valence-corrected chi connectivity index (χ1v) is 6.41. The van der Waals surface area contributed by atoms with Gasteiger partial charge in [0.05, 0.1) is 12.0 Å². The van der Waals surface area contributed by atoms with Gasteiger partial charge in [0, 0.05) is 6.07 Å². The molecule has 4 nitrogen and oxygen atoms in total. The van der Waals surface area contributed by atoms with E-state index in [9.17, 15) is 0 Å². The SMILES string of the molecule is COc1ccccc1Sc1nc(N)cc(Br)n1. The number of anilines is 1. The van der Waals surface area contributed by atoms with Crippen molar-refractivity contribution in [3.8, 4) is 5.75 Å². The topological polar surface area (TPSA) is 61.0 Å². The van der Waals surface area contributed by atoms with Gasteiger partial charge >= 0.3 is 0 Å². The van der Waals surface area contributed by atoms with Gasteiger partial charge in [-0.2, -0.15) is 0 Å². The number of para-hydroxylation sites is 1. The van der Waals surface area contributed by atoms with E-state index in [1.807, 2.05) is 24.3 Å². The summed E-state index contributed by atoms with van der Waals surface area (Å²) in [5.74, 6) is 1.23. The number of halogens is 1. The average Bonchev–Trinajstić information content (AvgIpc) is 2.28. The molecule has 0 aliphatic carbocycles. The Bertz CT molecular complexity index is 516. The maximum absolute atomic E-state index is 5.66. The number of nitrogens with two attached hydrogens (primary N) is 1.